The van der Waals surface area contributed by atoms with E-state index in [0.29, 0.717) is 11.4 Å². The van der Waals surface area contributed by atoms with Crippen molar-refractivity contribution in [2.75, 3.05) is 23.8 Å². The molecule has 0 aliphatic rings. The van der Waals surface area contributed by atoms with Crippen LogP contribution in [0.2, 0.25) is 0 Å². The van der Waals surface area contributed by atoms with E-state index in [4.69, 9.17) is 9.47 Å². The molecule has 0 spiro atoms. The van der Waals surface area contributed by atoms with Gasteiger partial charge in [-0.1, -0.05) is 37.3 Å². The Hall–Kier alpha value is -3.80. The van der Waals surface area contributed by atoms with Gasteiger partial charge in [-0.05, 0) is 60.5 Å². The van der Waals surface area contributed by atoms with Crippen LogP contribution in [0.15, 0.2) is 78.9 Å². The highest BCUT2D eigenvalue weighted by atomic mass is 16.6. The van der Waals surface area contributed by atoms with E-state index in [1.807, 2.05) is 66.7 Å². The second-order valence-electron chi connectivity index (χ2n) is 6.56. The molecule has 0 aliphatic carbocycles. The van der Waals surface area contributed by atoms with Crippen molar-refractivity contribution < 1.29 is 19.1 Å². The third-order valence-corrected chi connectivity index (χ3v) is 4.28. The first kappa shape index (κ1) is 20.9. The number of hydrogen-bond donors (Lipinski definition) is 2. The molecule has 3 aromatic rings. The Morgan fingerprint density at radius 2 is 1.40 bits per heavy atom. The number of hydrogen-bond acceptors (Lipinski definition) is 5. The van der Waals surface area contributed by atoms with Gasteiger partial charge in [-0.15, -0.1) is 0 Å². The van der Waals surface area contributed by atoms with Crippen molar-refractivity contribution >= 4 is 28.9 Å². The zero-order valence-electron chi connectivity index (χ0n) is 16.8. The fourth-order valence-electron chi connectivity index (χ4n) is 2.67. The fraction of sp³-hybridized carbons (Fsp3) is 0.167. The maximum Gasteiger partial charge on any atom is 0.344 e. The van der Waals surface area contributed by atoms with Crippen LogP contribution in [0.5, 0.6) is 5.75 Å². The van der Waals surface area contributed by atoms with Gasteiger partial charge in [-0.3, -0.25) is 4.79 Å². The van der Waals surface area contributed by atoms with Crippen LogP contribution < -0.4 is 15.4 Å². The Morgan fingerprint density at radius 3 is 2.07 bits per heavy atom. The van der Waals surface area contributed by atoms with Crippen molar-refractivity contribution in [1.29, 1.82) is 0 Å². The molecule has 6 nitrogen and oxygen atoms in total. The van der Waals surface area contributed by atoms with Crippen LogP contribution in [0.1, 0.15) is 12.5 Å². The minimum Gasteiger partial charge on any atom is -0.482 e. The molecule has 0 saturated heterocycles. The Balaban J connectivity index is 1.38. The summed E-state index contributed by atoms with van der Waals surface area (Å²) in [7, 11) is 0. The van der Waals surface area contributed by atoms with Gasteiger partial charge in [0.1, 0.15) is 5.75 Å². The van der Waals surface area contributed by atoms with Crippen LogP contribution in [0.3, 0.4) is 0 Å². The molecule has 2 N–H and O–H groups in total. The van der Waals surface area contributed by atoms with Gasteiger partial charge >= 0.3 is 5.97 Å². The SMILES string of the molecule is CCc1ccc(NC(=O)COC(=O)COc2ccc(Nc3ccccc3)cc2)cc1. The maximum absolute atomic E-state index is 11.9. The molecule has 0 heterocycles. The molecular formula is C24H24N2O4. The standard InChI is InChI=1S/C24H24N2O4/c1-2-18-8-10-21(11-9-18)26-23(27)16-30-24(28)17-29-22-14-12-20(13-15-22)25-19-6-4-3-5-7-19/h3-15,25H,2,16-17H2,1H3,(H,26,27). The van der Waals surface area contributed by atoms with Crippen LogP contribution in [0.4, 0.5) is 17.1 Å². The molecule has 0 atom stereocenters. The Bertz CT molecular complexity index is 955. The predicted molar refractivity (Wildman–Crippen MR) is 117 cm³/mol. The highest BCUT2D eigenvalue weighted by Crippen LogP contribution is 2.19. The minimum atomic E-state index is -0.613. The molecule has 0 radical (unpaired) electrons. The first-order valence-corrected chi connectivity index (χ1v) is 9.72. The number of esters is 1. The number of rotatable bonds is 9. The van der Waals surface area contributed by atoms with Crippen LogP contribution in [0.25, 0.3) is 0 Å². The second kappa shape index (κ2) is 10.7. The van der Waals surface area contributed by atoms with Crippen LogP contribution in [-0.4, -0.2) is 25.1 Å². The Labute approximate surface area is 175 Å². The Morgan fingerprint density at radius 1 is 0.767 bits per heavy atom. The number of carbonyl (C=O) groups excluding carboxylic acids is 2. The minimum absolute atomic E-state index is 0.274. The Kier molecular flexibility index (Phi) is 7.44. The number of amides is 1. The lowest BCUT2D eigenvalue weighted by Crippen LogP contribution is -2.23. The molecule has 154 valence electrons. The molecule has 0 fully saturated rings. The number of anilines is 3. The summed E-state index contributed by atoms with van der Waals surface area (Å²) < 4.78 is 10.4. The zero-order valence-corrected chi connectivity index (χ0v) is 16.8. The van der Waals surface area contributed by atoms with Gasteiger partial charge in [-0.25, -0.2) is 4.79 Å². The lowest BCUT2D eigenvalue weighted by Gasteiger charge is -2.09. The average molecular weight is 404 g/mol. The van der Waals surface area contributed by atoms with E-state index in [-0.39, 0.29) is 13.2 Å². The largest absolute Gasteiger partial charge is 0.482 e. The van der Waals surface area contributed by atoms with Gasteiger partial charge in [0.05, 0.1) is 0 Å². The summed E-state index contributed by atoms with van der Waals surface area (Å²) in [5.41, 5.74) is 3.73. The average Bonchev–Trinajstić information content (AvgIpc) is 2.78. The number of ether oxygens (including phenoxy) is 2. The summed E-state index contributed by atoms with van der Waals surface area (Å²) in [6, 6.07) is 24.5. The molecule has 0 aliphatic heterocycles. The van der Waals surface area contributed by atoms with E-state index in [0.717, 1.165) is 17.8 Å². The third kappa shape index (κ3) is 6.67. The lowest BCUT2D eigenvalue weighted by atomic mass is 10.1. The molecular weight excluding hydrogens is 380 g/mol. The first-order chi connectivity index (χ1) is 14.6. The zero-order chi connectivity index (χ0) is 21.2. The summed E-state index contributed by atoms with van der Waals surface area (Å²) in [5, 5.41) is 5.95. The van der Waals surface area contributed by atoms with Gasteiger partial charge in [0.2, 0.25) is 0 Å². The van der Waals surface area contributed by atoms with Crippen LogP contribution in [0, 0.1) is 0 Å². The van der Waals surface area contributed by atoms with Gasteiger partial charge in [0.25, 0.3) is 5.91 Å². The second-order valence-corrected chi connectivity index (χ2v) is 6.56. The van der Waals surface area contributed by atoms with Crippen molar-refractivity contribution in [2.45, 2.75) is 13.3 Å². The molecule has 6 heteroatoms. The number of benzene rings is 3. The predicted octanol–water partition coefficient (Wildman–Crippen LogP) is 4.55. The first-order valence-electron chi connectivity index (χ1n) is 9.72. The highest BCUT2D eigenvalue weighted by Gasteiger charge is 2.09. The summed E-state index contributed by atoms with van der Waals surface area (Å²) in [4.78, 5) is 23.7. The van der Waals surface area contributed by atoms with Gasteiger partial charge in [0.15, 0.2) is 13.2 Å². The smallest absolute Gasteiger partial charge is 0.344 e. The lowest BCUT2D eigenvalue weighted by molar-refractivity contribution is -0.149. The van der Waals surface area contributed by atoms with Crippen molar-refractivity contribution in [3.05, 3.63) is 84.4 Å². The van der Waals surface area contributed by atoms with Gasteiger partial charge in [0, 0.05) is 17.1 Å². The molecule has 0 aromatic heterocycles. The maximum atomic E-state index is 11.9. The summed E-state index contributed by atoms with van der Waals surface area (Å²) in [6.07, 6.45) is 0.929. The fourth-order valence-corrected chi connectivity index (χ4v) is 2.67. The van der Waals surface area contributed by atoms with Crippen LogP contribution >= 0.6 is 0 Å². The quantitative estimate of drug-likeness (QED) is 0.512. The third-order valence-electron chi connectivity index (χ3n) is 4.28. The van der Waals surface area contributed by atoms with E-state index in [2.05, 4.69) is 17.6 Å². The molecule has 0 bridgehead atoms. The van der Waals surface area contributed by atoms with Crippen molar-refractivity contribution in [3.8, 4) is 5.75 Å². The normalized spacial score (nSPS) is 10.2. The van der Waals surface area contributed by atoms with Gasteiger partial charge < -0.3 is 20.1 Å². The highest BCUT2D eigenvalue weighted by molar-refractivity contribution is 5.92. The molecule has 3 aromatic carbocycles. The van der Waals surface area contributed by atoms with E-state index in [1.165, 1.54) is 5.56 Å². The number of para-hydroxylation sites is 1. The van der Waals surface area contributed by atoms with E-state index in [9.17, 15) is 9.59 Å². The van der Waals surface area contributed by atoms with Crippen molar-refractivity contribution in [2.24, 2.45) is 0 Å². The molecule has 3 rings (SSSR count). The summed E-state index contributed by atoms with van der Waals surface area (Å²) >= 11 is 0. The van der Waals surface area contributed by atoms with E-state index < -0.39 is 11.9 Å². The summed E-state index contributed by atoms with van der Waals surface area (Å²) in [6.45, 7) is 1.42. The molecule has 0 unspecified atom stereocenters. The molecule has 30 heavy (non-hydrogen) atoms. The van der Waals surface area contributed by atoms with Crippen LogP contribution in [-0.2, 0) is 20.7 Å². The number of nitrogens with one attached hydrogen (secondary N) is 2. The topological polar surface area (TPSA) is 76.7 Å². The number of aryl methyl sites for hydroxylation is 1. The number of carbonyl (C=O) groups is 2. The summed E-state index contributed by atoms with van der Waals surface area (Å²) in [5.74, 6) is -0.479. The van der Waals surface area contributed by atoms with Crippen molar-refractivity contribution in [1.82, 2.24) is 0 Å². The van der Waals surface area contributed by atoms with Gasteiger partial charge in [-0.2, -0.15) is 0 Å². The van der Waals surface area contributed by atoms with E-state index >= 15 is 0 Å². The van der Waals surface area contributed by atoms with Crippen molar-refractivity contribution in [3.63, 3.8) is 0 Å². The molecule has 1 amide bonds. The molecule has 0 saturated carbocycles. The van der Waals surface area contributed by atoms with E-state index in [1.54, 1.807) is 12.1 Å². The monoisotopic (exact) mass is 404 g/mol.